The Morgan fingerprint density at radius 2 is 1.89 bits per heavy atom. The second-order valence-electron chi connectivity index (χ2n) is 4.09. The lowest BCUT2D eigenvalue weighted by molar-refractivity contribution is -0.304. The molecule has 0 atom stereocenters. The first-order valence-electron chi connectivity index (χ1n) is 5.70. The molecule has 0 fully saturated rings. The van der Waals surface area contributed by atoms with Crippen molar-refractivity contribution in [2.24, 2.45) is 0 Å². The molecule has 0 unspecified atom stereocenters. The molecular formula is C14H12NO4-. The predicted octanol–water partition coefficient (Wildman–Crippen LogP) is 1.13. The van der Waals surface area contributed by atoms with Crippen molar-refractivity contribution in [3.05, 3.63) is 53.5 Å². The molecule has 1 amide bonds. The van der Waals surface area contributed by atoms with Gasteiger partial charge in [-0.1, -0.05) is 12.1 Å². The zero-order chi connectivity index (χ0) is 13.8. The van der Waals surface area contributed by atoms with Gasteiger partial charge in [0.25, 0.3) is 5.91 Å². The topological polar surface area (TPSA) is 82.4 Å². The highest BCUT2D eigenvalue weighted by atomic mass is 16.4. The largest absolute Gasteiger partial charge is 0.550 e. The number of carbonyl (C=O) groups is 2. The van der Waals surface area contributed by atoms with Crippen molar-refractivity contribution in [3.8, 4) is 0 Å². The van der Waals surface area contributed by atoms with Crippen LogP contribution in [0.5, 0.6) is 0 Å². The minimum Gasteiger partial charge on any atom is -0.550 e. The average molecular weight is 258 g/mol. The molecule has 2 rings (SSSR count). The number of hydrogen-bond acceptors (Lipinski definition) is 4. The quantitative estimate of drug-likeness (QED) is 0.891. The number of anilines is 1. The minimum atomic E-state index is -1.13. The maximum atomic E-state index is 11.9. The Kier molecular flexibility index (Phi) is 3.66. The summed E-state index contributed by atoms with van der Waals surface area (Å²) in [5, 5.41) is 13.1. The normalized spacial score (nSPS) is 10.2. The number of carboxylic acid groups (broad SMARTS) is 1. The molecule has 5 heteroatoms. The van der Waals surface area contributed by atoms with Gasteiger partial charge in [-0.2, -0.15) is 0 Å². The highest BCUT2D eigenvalue weighted by molar-refractivity contribution is 6.04. The molecule has 5 nitrogen and oxygen atoms in total. The Labute approximate surface area is 109 Å². The highest BCUT2D eigenvalue weighted by Gasteiger charge is 2.11. The lowest BCUT2D eigenvalue weighted by atomic mass is 10.1. The zero-order valence-corrected chi connectivity index (χ0v) is 10.3. The van der Waals surface area contributed by atoms with E-state index in [-0.39, 0.29) is 12.3 Å². The smallest absolute Gasteiger partial charge is 0.259 e. The van der Waals surface area contributed by atoms with Crippen molar-refractivity contribution in [2.75, 3.05) is 5.32 Å². The van der Waals surface area contributed by atoms with Crippen molar-refractivity contribution in [2.45, 2.75) is 13.3 Å². The lowest BCUT2D eigenvalue weighted by Gasteiger charge is -2.06. The van der Waals surface area contributed by atoms with Crippen LogP contribution in [0.25, 0.3) is 0 Å². The van der Waals surface area contributed by atoms with Crippen molar-refractivity contribution in [1.29, 1.82) is 0 Å². The summed E-state index contributed by atoms with van der Waals surface area (Å²) in [6, 6.07) is 8.15. The summed E-state index contributed by atoms with van der Waals surface area (Å²) in [7, 11) is 0. The molecule has 0 spiro atoms. The van der Waals surface area contributed by atoms with Gasteiger partial charge in [0, 0.05) is 18.1 Å². The third-order valence-corrected chi connectivity index (χ3v) is 2.66. The molecule has 0 aliphatic rings. The van der Waals surface area contributed by atoms with Gasteiger partial charge in [0.15, 0.2) is 0 Å². The Morgan fingerprint density at radius 3 is 2.42 bits per heavy atom. The van der Waals surface area contributed by atoms with Crippen molar-refractivity contribution >= 4 is 17.6 Å². The van der Waals surface area contributed by atoms with Gasteiger partial charge in [-0.3, -0.25) is 4.79 Å². The van der Waals surface area contributed by atoms with E-state index >= 15 is 0 Å². The third-order valence-electron chi connectivity index (χ3n) is 2.66. The van der Waals surface area contributed by atoms with Crippen molar-refractivity contribution in [3.63, 3.8) is 0 Å². The maximum Gasteiger partial charge on any atom is 0.259 e. The molecule has 0 bridgehead atoms. The number of aliphatic carboxylic acids is 1. The van der Waals surface area contributed by atoms with Crippen LogP contribution in [-0.2, 0) is 11.2 Å². The summed E-state index contributed by atoms with van der Waals surface area (Å²) in [4.78, 5) is 22.3. The van der Waals surface area contributed by atoms with Crippen LogP contribution < -0.4 is 10.4 Å². The Balaban J connectivity index is 2.06. The van der Waals surface area contributed by atoms with Gasteiger partial charge >= 0.3 is 0 Å². The van der Waals surface area contributed by atoms with E-state index in [0.717, 1.165) is 0 Å². The Bertz CT molecular complexity index is 598. The average Bonchev–Trinajstić information content (AvgIpc) is 2.77. The lowest BCUT2D eigenvalue weighted by Crippen LogP contribution is -2.24. The second-order valence-corrected chi connectivity index (χ2v) is 4.09. The third kappa shape index (κ3) is 3.22. The van der Waals surface area contributed by atoms with Crippen LogP contribution in [0.15, 0.2) is 41.0 Å². The van der Waals surface area contributed by atoms with Gasteiger partial charge in [0.05, 0.1) is 11.8 Å². The van der Waals surface area contributed by atoms with Crippen LogP contribution in [0.2, 0.25) is 0 Å². The fraction of sp³-hybridized carbons (Fsp3) is 0.143. The minimum absolute atomic E-state index is 0.144. The SMILES string of the molecule is Cc1occc1C(=O)Nc1ccc(CC(=O)[O-])cc1. The van der Waals surface area contributed by atoms with E-state index in [4.69, 9.17) is 4.42 Å². The molecule has 19 heavy (non-hydrogen) atoms. The van der Waals surface area contributed by atoms with E-state index in [1.807, 2.05) is 0 Å². The van der Waals surface area contributed by atoms with E-state index in [1.165, 1.54) is 6.26 Å². The Hall–Kier alpha value is -2.56. The fourth-order valence-corrected chi connectivity index (χ4v) is 1.69. The van der Waals surface area contributed by atoms with Crippen molar-refractivity contribution < 1.29 is 19.1 Å². The van der Waals surface area contributed by atoms with Crippen LogP contribution in [0.4, 0.5) is 5.69 Å². The standard InChI is InChI=1S/C14H13NO4/c1-9-12(6-7-19-9)14(18)15-11-4-2-10(3-5-11)8-13(16)17/h2-7H,8H2,1H3,(H,15,18)(H,16,17)/p-1. The van der Waals surface area contributed by atoms with Crippen LogP contribution in [0.3, 0.4) is 0 Å². The summed E-state index contributed by atoms with van der Waals surface area (Å²) >= 11 is 0. The summed E-state index contributed by atoms with van der Waals surface area (Å²) in [5.74, 6) is -0.851. The molecule has 0 aliphatic carbocycles. The van der Waals surface area contributed by atoms with E-state index in [2.05, 4.69) is 5.32 Å². The van der Waals surface area contributed by atoms with Gasteiger partial charge in [-0.05, 0) is 30.7 Å². The molecule has 2 aromatic rings. The molecular weight excluding hydrogens is 246 g/mol. The van der Waals surface area contributed by atoms with Crippen molar-refractivity contribution in [1.82, 2.24) is 0 Å². The van der Waals surface area contributed by atoms with Gasteiger partial charge in [0.2, 0.25) is 0 Å². The summed E-state index contributed by atoms with van der Waals surface area (Å²) in [6.45, 7) is 1.71. The highest BCUT2D eigenvalue weighted by Crippen LogP contribution is 2.14. The number of carbonyl (C=O) groups excluding carboxylic acids is 2. The Morgan fingerprint density at radius 1 is 1.21 bits per heavy atom. The number of benzene rings is 1. The number of aryl methyl sites for hydroxylation is 1. The first-order valence-corrected chi connectivity index (χ1v) is 5.70. The summed E-state index contributed by atoms with van der Waals surface area (Å²) in [6.07, 6.45) is 1.31. The summed E-state index contributed by atoms with van der Waals surface area (Å²) in [5.41, 5.74) is 1.68. The van der Waals surface area contributed by atoms with Crippen LogP contribution in [0.1, 0.15) is 21.7 Å². The molecule has 0 aliphatic heterocycles. The molecule has 0 saturated heterocycles. The van der Waals surface area contributed by atoms with Gasteiger partial charge < -0.3 is 19.6 Å². The number of furan rings is 1. The fourth-order valence-electron chi connectivity index (χ4n) is 1.69. The number of rotatable bonds is 4. The second kappa shape index (κ2) is 5.39. The maximum absolute atomic E-state index is 11.9. The molecule has 1 N–H and O–H groups in total. The van der Waals surface area contributed by atoms with E-state index in [1.54, 1.807) is 37.3 Å². The molecule has 98 valence electrons. The number of amides is 1. The molecule has 1 aromatic carbocycles. The van der Waals surface area contributed by atoms with Crippen LogP contribution >= 0.6 is 0 Å². The number of nitrogens with one attached hydrogen (secondary N) is 1. The molecule has 1 heterocycles. The monoisotopic (exact) mass is 258 g/mol. The van der Waals surface area contributed by atoms with Crippen LogP contribution in [0, 0.1) is 6.92 Å². The molecule has 0 saturated carbocycles. The first kappa shape index (κ1) is 12.9. The summed E-state index contributed by atoms with van der Waals surface area (Å²) < 4.78 is 5.05. The molecule has 0 radical (unpaired) electrons. The van der Waals surface area contributed by atoms with Gasteiger partial charge in [-0.25, -0.2) is 0 Å². The predicted molar refractivity (Wildman–Crippen MR) is 66.6 cm³/mol. The van der Waals surface area contributed by atoms with E-state index in [9.17, 15) is 14.7 Å². The number of hydrogen-bond donors (Lipinski definition) is 1. The zero-order valence-electron chi connectivity index (χ0n) is 10.3. The van der Waals surface area contributed by atoms with Gasteiger partial charge in [0.1, 0.15) is 5.76 Å². The first-order chi connectivity index (χ1) is 9.06. The van der Waals surface area contributed by atoms with E-state index < -0.39 is 5.97 Å². The van der Waals surface area contributed by atoms with Crippen LogP contribution in [-0.4, -0.2) is 11.9 Å². The van der Waals surface area contributed by atoms with Gasteiger partial charge in [-0.15, -0.1) is 0 Å². The van der Waals surface area contributed by atoms with E-state index in [0.29, 0.717) is 22.6 Å². The number of carboxylic acids is 1. The molecule has 1 aromatic heterocycles.